The summed E-state index contributed by atoms with van der Waals surface area (Å²) in [5, 5.41) is 15.5. The molecule has 0 spiro atoms. The number of thiophene rings is 1. The SMILES string of the molecule is CC(Cc1cccs1)NC(=O)c1ccc2n[nH]nc2c1. The van der Waals surface area contributed by atoms with E-state index in [0.717, 1.165) is 11.9 Å². The molecule has 2 heterocycles. The molecule has 2 N–H and O–H groups in total. The Morgan fingerprint density at radius 1 is 1.35 bits per heavy atom. The van der Waals surface area contributed by atoms with Gasteiger partial charge in [-0.1, -0.05) is 6.07 Å². The van der Waals surface area contributed by atoms with Crippen LogP contribution in [0.25, 0.3) is 11.0 Å². The number of hydrogen-bond acceptors (Lipinski definition) is 4. The van der Waals surface area contributed by atoms with Crippen molar-refractivity contribution in [1.29, 1.82) is 0 Å². The summed E-state index contributed by atoms with van der Waals surface area (Å²) in [6, 6.07) is 9.48. The maximum Gasteiger partial charge on any atom is 0.251 e. The Balaban J connectivity index is 1.68. The third-order valence-corrected chi connectivity index (χ3v) is 3.94. The number of rotatable bonds is 4. The number of amides is 1. The van der Waals surface area contributed by atoms with E-state index in [2.05, 4.69) is 26.8 Å². The van der Waals surface area contributed by atoms with Gasteiger partial charge in [-0.15, -0.1) is 11.3 Å². The minimum absolute atomic E-state index is 0.0843. The van der Waals surface area contributed by atoms with Gasteiger partial charge in [-0.3, -0.25) is 4.79 Å². The number of H-pyrrole nitrogens is 1. The molecule has 1 aromatic carbocycles. The summed E-state index contributed by atoms with van der Waals surface area (Å²) in [6.45, 7) is 2.01. The van der Waals surface area contributed by atoms with Gasteiger partial charge in [0.25, 0.3) is 5.91 Å². The van der Waals surface area contributed by atoms with Gasteiger partial charge in [-0.05, 0) is 36.6 Å². The third-order valence-electron chi connectivity index (χ3n) is 3.04. The van der Waals surface area contributed by atoms with E-state index in [0.29, 0.717) is 11.1 Å². The highest BCUT2D eigenvalue weighted by molar-refractivity contribution is 7.09. The van der Waals surface area contributed by atoms with Crippen molar-refractivity contribution in [2.24, 2.45) is 0 Å². The van der Waals surface area contributed by atoms with Crippen molar-refractivity contribution >= 4 is 28.3 Å². The number of nitrogens with zero attached hydrogens (tertiary/aromatic N) is 2. The Hall–Kier alpha value is -2.21. The van der Waals surface area contributed by atoms with E-state index in [1.807, 2.05) is 18.4 Å². The van der Waals surface area contributed by atoms with Gasteiger partial charge in [0.15, 0.2) is 0 Å². The zero-order chi connectivity index (χ0) is 13.9. The molecular weight excluding hydrogens is 272 g/mol. The molecule has 0 saturated heterocycles. The average molecular weight is 286 g/mol. The standard InChI is InChI=1S/C14H14N4OS/c1-9(7-11-3-2-6-20-11)15-14(19)10-4-5-12-13(8-10)17-18-16-12/h2-6,8-9H,7H2,1H3,(H,15,19)(H,16,17,18). The van der Waals surface area contributed by atoms with Gasteiger partial charge >= 0.3 is 0 Å². The van der Waals surface area contributed by atoms with Crippen LogP contribution in [0.5, 0.6) is 0 Å². The zero-order valence-electron chi connectivity index (χ0n) is 11.0. The first kappa shape index (κ1) is 12.8. The van der Waals surface area contributed by atoms with Crippen LogP contribution in [-0.4, -0.2) is 27.4 Å². The van der Waals surface area contributed by atoms with Crippen LogP contribution in [0.2, 0.25) is 0 Å². The summed E-state index contributed by atoms with van der Waals surface area (Å²) >= 11 is 1.70. The van der Waals surface area contributed by atoms with Gasteiger partial charge in [0, 0.05) is 22.9 Å². The molecule has 102 valence electrons. The highest BCUT2D eigenvalue weighted by atomic mass is 32.1. The highest BCUT2D eigenvalue weighted by Gasteiger charge is 2.12. The van der Waals surface area contributed by atoms with Crippen LogP contribution in [-0.2, 0) is 6.42 Å². The van der Waals surface area contributed by atoms with Gasteiger partial charge in [-0.2, -0.15) is 15.4 Å². The normalized spacial score (nSPS) is 12.4. The predicted octanol–water partition coefficient (Wildman–Crippen LogP) is 2.38. The maximum absolute atomic E-state index is 12.2. The molecule has 5 nitrogen and oxygen atoms in total. The van der Waals surface area contributed by atoms with Crippen molar-refractivity contribution in [3.8, 4) is 0 Å². The van der Waals surface area contributed by atoms with Crippen LogP contribution in [0.15, 0.2) is 35.7 Å². The smallest absolute Gasteiger partial charge is 0.251 e. The van der Waals surface area contributed by atoms with E-state index in [4.69, 9.17) is 0 Å². The molecular formula is C14H14N4OS. The lowest BCUT2D eigenvalue weighted by molar-refractivity contribution is 0.0940. The van der Waals surface area contributed by atoms with E-state index < -0.39 is 0 Å². The Labute approximate surface area is 120 Å². The maximum atomic E-state index is 12.2. The second kappa shape index (κ2) is 5.42. The molecule has 0 aliphatic heterocycles. The second-order valence-corrected chi connectivity index (χ2v) is 5.72. The first-order valence-electron chi connectivity index (χ1n) is 6.36. The third kappa shape index (κ3) is 2.70. The minimum atomic E-state index is -0.0843. The van der Waals surface area contributed by atoms with E-state index in [1.54, 1.807) is 29.5 Å². The Morgan fingerprint density at radius 2 is 2.20 bits per heavy atom. The predicted molar refractivity (Wildman–Crippen MR) is 78.8 cm³/mol. The minimum Gasteiger partial charge on any atom is -0.349 e. The fraction of sp³-hybridized carbons (Fsp3) is 0.214. The van der Waals surface area contributed by atoms with E-state index >= 15 is 0 Å². The number of benzene rings is 1. The van der Waals surface area contributed by atoms with Gasteiger partial charge in [0.2, 0.25) is 0 Å². The monoisotopic (exact) mass is 286 g/mol. The molecule has 0 aliphatic rings. The van der Waals surface area contributed by atoms with Crippen molar-refractivity contribution < 1.29 is 4.79 Å². The number of carbonyl (C=O) groups excluding carboxylic acids is 1. The topological polar surface area (TPSA) is 70.7 Å². The molecule has 0 saturated carbocycles. The fourth-order valence-corrected chi connectivity index (χ4v) is 2.91. The van der Waals surface area contributed by atoms with Crippen LogP contribution >= 0.6 is 11.3 Å². The van der Waals surface area contributed by atoms with Gasteiger partial charge in [0.1, 0.15) is 11.0 Å². The number of nitrogens with one attached hydrogen (secondary N) is 2. The first-order chi connectivity index (χ1) is 9.72. The second-order valence-electron chi connectivity index (χ2n) is 4.69. The summed E-state index contributed by atoms with van der Waals surface area (Å²) < 4.78 is 0. The Morgan fingerprint density at radius 3 is 3.00 bits per heavy atom. The lowest BCUT2D eigenvalue weighted by atomic mass is 10.1. The lowest BCUT2D eigenvalue weighted by Crippen LogP contribution is -2.33. The van der Waals surface area contributed by atoms with Crippen LogP contribution in [0.3, 0.4) is 0 Å². The Kier molecular flexibility index (Phi) is 3.47. The van der Waals surface area contributed by atoms with Crippen LogP contribution in [0.1, 0.15) is 22.2 Å². The Bertz CT molecular complexity index is 720. The van der Waals surface area contributed by atoms with E-state index in [1.165, 1.54) is 4.88 Å². The quantitative estimate of drug-likeness (QED) is 0.773. The number of hydrogen-bond donors (Lipinski definition) is 2. The van der Waals surface area contributed by atoms with Crippen LogP contribution < -0.4 is 5.32 Å². The van der Waals surface area contributed by atoms with Crippen molar-refractivity contribution in [2.45, 2.75) is 19.4 Å². The summed E-state index contributed by atoms with van der Waals surface area (Å²) in [5.41, 5.74) is 2.06. The molecule has 1 amide bonds. The van der Waals surface area contributed by atoms with E-state index in [9.17, 15) is 4.79 Å². The van der Waals surface area contributed by atoms with E-state index in [-0.39, 0.29) is 11.9 Å². The molecule has 6 heteroatoms. The van der Waals surface area contributed by atoms with Crippen molar-refractivity contribution in [1.82, 2.24) is 20.7 Å². The number of carbonyl (C=O) groups is 1. The molecule has 0 radical (unpaired) electrons. The molecule has 20 heavy (non-hydrogen) atoms. The molecule has 1 atom stereocenters. The molecule has 0 fully saturated rings. The van der Waals surface area contributed by atoms with Gasteiger partial charge in [0.05, 0.1) is 0 Å². The fourth-order valence-electron chi connectivity index (χ4n) is 2.07. The molecule has 0 bridgehead atoms. The first-order valence-corrected chi connectivity index (χ1v) is 7.24. The molecule has 1 unspecified atom stereocenters. The molecule has 2 aromatic heterocycles. The summed E-state index contributed by atoms with van der Waals surface area (Å²) in [6.07, 6.45) is 0.843. The number of fused-ring (bicyclic) bond motifs is 1. The molecule has 0 aliphatic carbocycles. The number of aromatic nitrogens is 3. The summed E-state index contributed by atoms with van der Waals surface area (Å²) in [4.78, 5) is 13.5. The van der Waals surface area contributed by atoms with Crippen molar-refractivity contribution in [3.05, 3.63) is 46.2 Å². The zero-order valence-corrected chi connectivity index (χ0v) is 11.8. The van der Waals surface area contributed by atoms with Crippen molar-refractivity contribution in [3.63, 3.8) is 0 Å². The lowest BCUT2D eigenvalue weighted by Gasteiger charge is -2.12. The van der Waals surface area contributed by atoms with Crippen LogP contribution in [0.4, 0.5) is 0 Å². The average Bonchev–Trinajstić information content (AvgIpc) is 3.07. The molecule has 3 aromatic rings. The van der Waals surface area contributed by atoms with Crippen molar-refractivity contribution in [2.75, 3.05) is 0 Å². The molecule has 3 rings (SSSR count). The largest absolute Gasteiger partial charge is 0.349 e. The van der Waals surface area contributed by atoms with Crippen LogP contribution in [0, 0.1) is 0 Å². The summed E-state index contributed by atoms with van der Waals surface area (Å²) in [5.74, 6) is -0.0843. The highest BCUT2D eigenvalue weighted by Crippen LogP contribution is 2.13. The van der Waals surface area contributed by atoms with Gasteiger partial charge in [-0.25, -0.2) is 0 Å². The summed E-state index contributed by atoms with van der Waals surface area (Å²) in [7, 11) is 0. The number of aromatic amines is 1. The van der Waals surface area contributed by atoms with Gasteiger partial charge < -0.3 is 5.32 Å².